The standard InChI is InChI=1S/C24H44N2O5S/c1-19(2)18-25-22(28)12-8-5-4-6-10-16-32-17-11-7-9-13-23(29)26-21(24(30)31)15-14-20(3)27/h19,21H,4-18H2,1-3H3,(H,25,28)(H,26,29)(H,30,31). The number of thioether (sulfide) groups is 1. The van der Waals surface area contributed by atoms with E-state index in [1.807, 2.05) is 11.8 Å². The summed E-state index contributed by atoms with van der Waals surface area (Å²) in [5.41, 5.74) is 0. The first-order valence-electron chi connectivity index (χ1n) is 12.1. The van der Waals surface area contributed by atoms with Gasteiger partial charge in [-0.15, -0.1) is 0 Å². The Morgan fingerprint density at radius 2 is 1.31 bits per heavy atom. The van der Waals surface area contributed by atoms with Gasteiger partial charge in [-0.1, -0.05) is 39.5 Å². The number of unbranched alkanes of at least 4 members (excludes halogenated alkanes) is 6. The van der Waals surface area contributed by atoms with Crippen LogP contribution in [0.4, 0.5) is 0 Å². The van der Waals surface area contributed by atoms with E-state index in [1.165, 1.54) is 26.2 Å². The SMILES string of the molecule is CC(=O)CCC(NC(=O)CCCCCSCCCCCCCC(=O)NCC(C)C)C(=O)O. The number of Topliss-reactive ketones (excluding diaryl/α,β-unsaturated/α-hetero) is 1. The third kappa shape index (κ3) is 20.3. The second-order valence-corrected chi connectivity index (χ2v) is 10.1. The molecule has 0 rings (SSSR count). The highest BCUT2D eigenvalue weighted by Crippen LogP contribution is 2.13. The normalized spacial score (nSPS) is 11.9. The lowest BCUT2D eigenvalue weighted by Gasteiger charge is -2.13. The van der Waals surface area contributed by atoms with Crippen LogP contribution >= 0.6 is 11.8 Å². The van der Waals surface area contributed by atoms with E-state index < -0.39 is 12.0 Å². The monoisotopic (exact) mass is 472 g/mol. The maximum Gasteiger partial charge on any atom is 0.326 e. The maximum atomic E-state index is 11.9. The molecule has 32 heavy (non-hydrogen) atoms. The molecule has 1 atom stereocenters. The number of ketones is 1. The molecule has 0 aromatic rings. The first-order valence-corrected chi connectivity index (χ1v) is 13.2. The molecule has 0 heterocycles. The fraction of sp³-hybridized carbons (Fsp3) is 0.833. The van der Waals surface area contributed by atoms with Crippen molar-refractivity contribution >= 4 is 35.3 Å². The van der Waals surface area contributed by atoms with E-state index in [9.17, 15) is 19.2 Å². The average Bonchev–Trinajstić information content (AvgIpc) is 2.72. The van der Waals surface area contributed by atoms with Crippen molar-refractivity contribution in [3.63, 3.8) is 0 Å². The Hall–Kier alpha value is -1.57. The Kier molecular flexibility index (Phi) is 19.1. The van der Waals surface area contributed by atoms with Gasteiger partial charge in [-0.25, -0.2) is 4.79 Å². The van der Waals surface area contributed by atoms with Crippen molar-refractivity contribution in [2.75, 3.05) is 18.1 Å². The molecule has 0 aliphatic carbocycles. The summed E-state index contributed by atoms with van der Waals surface area (Å²) in [7, 11) is 0. The quantitative estimate of drug-likeness (QED) is 0.214. The number of rotatable bonds is 21. The van der Waals surface area contributed by atoms with Crippen LogP contribution in [0.3, 0.4) is 0 Å². The number of nitrogens with one attached hydrogen (secondary N) is 2. The molecular weight excluding hydrogens is 428 g/mol. The minimum atomic E-state index is -1.09. The van der Waals surface area contributed by atoms with Gasteiger partial charge in [0.2, 0.25) is 11.8 Å². The highest BCUT2D eigenvalue weighted by atomic mass is 32.2. The van der Waals surface area contributed by atoms with Crippen molar-refractivity contribution in [3.05, 3.63) is 0 Å². The summed E-state index contributed by atoms with van der Waals surface area (Å²) in [6, 6.07) is -0.982. The molecule has 2 amide bonds. The molecule has 0 aliphatic rings. The number of hydrogen-bond acceptors (Lipinski definition) is 5. The molecule has 0 saturated heterocycles. The van der Waals surface area contributed by atoms with Crippen molar-refractivity contribution < 1.29 is 24.3 Å². The molecule has 1 unspecified atom stereocenters. The van der Waals surface area contributed by atoms with Crippen LogP contribution in [0.25, 0.3) is 0 Å². The maximum absolute atomic E-state index is 11.9. The van der Waals surface area contributed by atoms with Crippen LogP contribution in [0.2, 0.25) is 0 Å². The lowest BCUT2D eigenvalue weighted by atomic mass is 10.1. The Morgan fingerprint density at radius 1 is 0.781 bits per heavy atom. The van der Waals surface area contributed by atoms with Crippen LogP contribution in [-0.2, 0) is 19.2 Å². The Balaban J connectivity index is 3.49. The predicted molar refractivity (Wildman–Crippen MR) is 131 cm³/mol. The molecule has 0 radical (unpaired) electrons. The van der Waals surface area contributed by atoms with E-state index in [2.05, 4.69) is 24.5 Å². The van der Waals surface area contributed by atoms with Crippen LogP contribution in [0.15, 0.2) is 0 Å². The van der Waals surface area contributed by atoms with E-state index >= 15 is 0 Å². The van der Waals surface area contributed by atoms with Gasteiger partial charge in [0.25, 0.3) is 0 Å². The highest BCUT2D eigenvalue weighted by Gasteiger charge is 2.19. The van der Waals surface area contributed by atoms with Crippen LogP contribution in [-0.4, -0.2) is 52.8 Å². The number of amides is 2. The van der Waals surface area contributed by atoms with Gasteiger partial charge in [-0.05, 0) is 56.5 Å². The van der Waals surface area contributed by atoms with Crippen molar-refractivity contribution in [3.8, 4) is 0 Å². The number of aliphatic carboxylic acids is 1. The fourth-order valence-corrected chi connectivity index (χ4v) is 4.09. The zero-order valence-corrected chi connectivity index (χ0v) is 21.1. The topological polar surface area (TPSA) is 113 Å². The number of carboxylic acids is 1. The lowest BCUT2D eigenvalue weighted by molar-refractivity contribution is -0.142. The lowest BCUT2D eigenvalue weighted by Crippen LogP contribution is -2.40. The van der Waals surface area contributed by atoms with Gasteiger partial charge in [-0.2, -0.15) is 11.8 Å². The summed E-state index contributed by atoms with van der Waals surface area (Å²) in [6.07, 6.45) is 9.66. The summed E-state index contributed by atoms with van der Waals surface area (Å²) < 4.78 is 0. The number of carbonyl (C=O) groups is 4. The van der Waals surface area contributed by atoms with Gasteiger partial charge in [-0.3, -0.25) is 9.59 Å². The Bertz CT molecular complexity index is 555. The zero-order chi connectivity index (χ0) is 24.2. The molecule has 0 aromatic heterocycles. The molecule has 186 valence electrons. The predicted octanol–water partition coefficient (Wildman–Crippen LogP) is 4.33. The summed E-state index contributed by atoms with van der Waals surface area (Å²) in [6.45, 7) is 6.36. The largest absolute Gasteiger partial charge is 0.480 e. The molecule has 3 N–H and O–H groups in total. The number of hydrogen-bond donors (Lipinski definition) is 3. The van der Waals surface area contributed by atoms with Gasteiger partial charge in [0.1, 0.15) is 11.8 Å². The van der Waals surface area contributed by atoms with E-state index in [1.54, 1.807) is 0 Å². The molecule has 0 spiro atoms. The first-order chi connectivity index (χ1) is 15.2. The van der Waals surface area contributed by atoms with Crippen LogP contribution in [0.5, 0.6) is 0 Å². The molecular formula is C24H44N2O5S. The third-order valence-electron chi connectivity index (χ3n) is 5.01. The molecule has 0 aliphatic heterocycles. The number of carbonyl (C=O) groups excluding carboxylic acids is 3. The second kappa shape index (κ2) is 20.1. The zero-order valence-electron chi connectivity index (χ0n) is 20.2. The molecule has 0 fully saturated rings. The van der Waals surface area contributed by atoms with Crippen molar-refractivity contribution in [1.29, 1.82) is 0 Å². The average molecular weight is 473 g/mol. The Morgan fingerprint density at radius 3 is 1.88 bits per heavy atom. The van der Waals surface area contributed by atoms with Crippen molar-refractivity contribution in [2.45, 2.75) is 104 Å². The molecule has 7 nitrogen and oxygen atoms in total. The summed E-state index contributed by atoms with van der Waals surface area (Å²) >= 11 is 1.94. The van der Waals surface area contributed by atoms with E-state index in [4.69, 9.17) is 5.11 Å². The van der Waals surface area contributed by atoms with Crippen LogP contribution in [0.1, 0.15) is 97.8 Å². The van der Waals surface area contributed by atoms with E-state index in [0.717, 1.165) is 50.2 Å². The molecule has 8 heteroatoms. The van der Waals surface area contributed by atoms with Gasteiger partial charge >= 0.3 is 5.97 Å². The molecule has 0 aromatic carbocycles. The highest BCUT2D eigenvalue weighted by molar-refractivity contribution is 7.99. The van der Waals surface area contributed by atoms with E-state index in [-0.39, 0.29) is 30.4 Å². The summed E-state index contributed by atoms with van der Waals surface area (Å²) in [4.78, 5) is 45.7. The van der Waals surface area contributed by atoms with Gasteiger partial charge in [0, 0.05) is 25.8 Å². The summed E-state index contributed by atoms with van der Waals surface area (Å²) in [5.74, 6) is 1.46. The minimum Gasteiger partial charge on any atom is -0.480 e. The first kappa shape index (κ1) is 30.4. The van der Waals surface area contributed by atoms with Crippen LogP contribution < -0.4 is 10.6 Å². The molecule has 0 bridgehead atoms. The minimum absolute atomic E-state index is 0.0791. The van der Waals surface area contributed by atoms with Gasteiger partial charge < -0.3 is 20.5 Å². The van der Waals surface area contributed by atoms with Gasteiger partial charge in [0.05, 0.1) is 0 Å². The second-order valence-electron chi connectivity index (χ2n) is 8.84. The van der Waals surface area contributed by atoms with Crippen molar-refractivity contribution in [2.24, 2.45) is 5.92 Å². The van der Waals surface area contributed by atoms with Crippen molar-refractivity contribution in [1.82, 2.24) is 10.6 Å². The van der Waals surface area contributed by atoms with E-state index in [0.29, 0.717) is 18.8 Å². The van der Waals surface area contributed by atoms with Crippen LogP contribution in [0, 0.1) is 5.92 Å². The third-order valence-corrected chi connectivity index (χ3v) is 6.17. The smallest absolute Gasteiger partial charge is 0.326 e. The molecule has 0 saturated carbocycles. The fourth-order valence-electron chi connectivity index (χ4n) is 3.07. The summed E-state index contributed by atoms with van der Waals surface area (Å²) in [5, 5.41) is 14.6. The number of carboxylic acid groups (broad SMARTS) is 1. The van der Waals surface area contributed by atoms with Gasteiger partial charge in [0.15, 0.2) is 0 Å². The Labute approximate surface area is 198 Å².